The number of ether oxygens (including phenoxy) is 2. The summed E-state index contributed by atoms with van der Waals surface area (Å²) in [6.07, 6.45) is 0.710. The van der Waals surface area contributed by atoms with E-state index in [0.29, 0.717) is 13.1 Å². The Morgan fingerprint density at radius 1 is 1.07 bits per heavy atom. The molecule has 27 heavy (non-hydrogen) atoms. The Balaban J connectivity index is 1.67. The quantitative estimate of drug-likeness (QED) is 0.702. The van der Waals surface area contributed by atoms with Crippen LogP contribution in [-0.2, 0) is 26.2 Å². The van der Waals surface area contributed by atoms with E-state index >= 15 is 0 Å². The molecular formula is C19H21NO6S. The number of methoxy groups -OCH3 is 1. The van der Waals surface area contributed by atoms with Crippen LogP contribution in [0, 0.1) is 0 Å². The molecule has 0 radical (unpaired) electrons. The number of hydrogen-bond donors (Lipinski definition) is 0. The second-order valence-electron chi connectivity index (χ2n) is 6.28. The Kier molecular flexibility index (Phi) is 5.67. The minimum absolute atomic E-state index is 0.00239. The molecule has 2 aromatic rings. The summed E-state index contributed by atoms with van der Waals surface area (Å²) >= 11 is 0. The maximum absolute atomic E-state index is 12.2. The number of amides is 1. The summed E-state index contributed by atoms with van der Waals surface area (Å²) < 4.78 is 38.0. The van der Waals surface area contributed by atoms with Gasteiger partial charge in [-0.2, -0.15) is 8.42 Å². The van der Waals surface area contributed by atoms with Gasteiger partial charge in [-0.25, -0.2) is 0 Å². The van der Waals surface area contributed by atoms with Crippen molar-refractivity contribution in [3.63, 3.8) is 0 Å². The second-order valence-corrected chi connectivity index (χ2v) is 7.85. The average Bonchev–Trinajstić information content (AvgIpc) is 2.63. The van der Waals surface area contributed by atoms with Crippen LogP contribution in [0.15, 0.2) is 48.5 Å². The normalized spacial score (nSPS) is 17.6. The van der Waals surface area contributed by atoms with Crippen molar-refractivity contribution < 1.29 is 26.9 Å². The molecule has 1 aliphatic heterocycles. The van der Waals surface area contributed by atoms with Crippen LogP contribution in [0.3, 0.4) is 0 Å². The first-order valence-electron chi connectivity index (χ1n) is 8.36. The smallest absolute Gasteiger partial charge is 0.306 e. The van der Waals surface area contributed by atoms with Crippen molar-refractivity contribution in [2.75, 3.05) is 26.5 Å². The van der Waals surface area contributed by atoms with Crippen LogP contribution in [0.1, 0.15) is 17.2 Å². The minimum atomic E-state index is -3.56. The molecule has 1 fully saturated rings. The van der Waals surface area contributed by atoms with Gasteiger partial charge >= 0.3 is 10.1 Å². The molecular weight excluding hydrogens is 370 g/mol. The van der Waals surface area contributed by atoms with E-state index in [4.69, 9.17) is 13.7 Å². The van der Waals surface area contributed by atoms with Gasteiger partial charge < -0.3 is 18.6 Å². The van der Waals surface area contributed by atoms with E-state index in [9.17, 15) is 13.2 Å². The number of nitrogens with zero attached hydrogens (tertiary/aromatic N) is 1. The van der Waals surface area contributed by atoms with Crippen LogP contribution in [0.2, 0.25) is 0 Å². The van der Waals surface area contributed by atoms with Crippen LogP contribution in [0.25, 0.3) is 0 Å². The summed E-state index contributed by atoms with van der Waals surface area (Å²) in [6.45, 7) is 0.900. The fraction of sp³-hybridized carbons (Fsp3) is 0.316. The fourth-order valence-electron chi connectivity index (χ4n) is 2.84. The van der Waals surface area contributed by atoms with Crippen molar-refractivity contribution in [2.45, 2.75) is 12.6 Å². The molecule has 8 heteroatoms. The zero-order valence-corrected chi connectivity index (χ0v) is 15.9. The van der Waals surface area contributed by atoms with Crippen LogP contribution in [0.4, 0.5) is 0 Å². The standard InChI is InChI=1S/C19H21NO6S/c1-24-16-7-3-14(4-8-16)11-20-12-18(25-13-19(20)21)15-5-9-17(10-6-15)26-27(2,22)23/h3-10,18H,11-13H2,1-2H3/t18-/m1/s1. The van der Waals surface area contributed by atoms with E-state index in [0.717, 1.165) is 23.1 Å². The molecule has 0 spiro atoms. The van der Waals surface area contributed by atoms with Crippen molar-refractivity contribution in [1.29, 1.82) is 0 Å². The maximum atomic E-state index is 12.2. The van der Waals surface area contributed by atoms with Gasteiger partial charge in [-0.15, -0.1) is 0 Å². The second kappa shape index (κ2) is 7.98. The van der Waals surface area contributed by atoms with Gasteiger partial charge in [0.25, 0.3) is 0 Å². The average molecular weight is 391 g/mol. The zero-order chi connectivity index (χ0) is 19.4. The predicted octanol–water partition coefficient (Wildman–Crippen LogP) is 2.13. The first-order valence-corrected chi connectivity index (χ1v) is 10.2. The molecule has 1 heterocycles. The zero-order valence-electron chi connectivity index (χ0n) is 15.1. The molecule has 0 saturated carbocycles. The highest BCUT2D eigenvalue weighted by atomic mass is 32.2. The third-order valence-electron chi connectivity index (χ3n) is 4.18. The number of carbonyl (C=O) groups excluding carboxylic acids is 1. The molecule has 0 N–H and O–H groups in total. The monoisotopic (exact) mass is 391 g/mol. The van der Waals surface area contributed by atoms with Crippen molar-refractivity contribution in [3.8, 4) is 11.5 Å². The molecule has 2 aromatic carbocycles. The molecule has 0 unspecified atom stereocenters. The topological polar surface area (TPSA) is 82.1 Å². The lowest BCUT2D eigenvalue weighted by atomic mass is 10.1. The fourth-order valence-corrected chi connectivity index (χ4v) is 3.30. The van der Waals surface area contributed by atoms with Crippen LogP contribution in [-0.4, -0.2) is 45.7 Å². The summed E-state index contributed by atoms with van der Waals surface area (Å²) in [5.41, 5.74) is 1.85. The van der Waals surface area contributed by atoms with Gasteiger partial charge in [-0.1, -0.05) is 24.3 Å². The first-order chi connectivity index (χ1) is 12.8. The predicted molar refractivity (Wildman–Crippen MR) is 99.0 cm³/mol. The van der Waals surface area contributed by atoms with E-state index in [1.807, 2.05) is 24.3 Å². The number of carbonyl (C=O) groups is 1. The summed E-state index contributed by atoms with van der Waals surface area (Å²) in [5.74, 6) is 0.934. The van der Waals surface area contributed by atoms with Gasteiger partial charge in [0.05, 0.1) is 19.9 Å². The van der Waals surface area contributed by atoms with Gasteiger partial charge in [0.1, 0.15) is 24.2 Å². The molecule has 0 aliphatic carbocycles. The lowest BCUT2D eigenvalue weighted by Gasteiger charge is -2.33. The number of morpholine rings is 1. The Morgan fingerprint density at radius 3 is 2.30 bits per heavy atom. The lowest BCUT2D eigenvalue weighted by Crippen LogP contribution is -2.42. The van der Waals surface area contributed by atoms with Crippen molar-refractivity contribution in [2.24, 2.45) is 0 Å². The number of benzene rings is 2. The summed E-state index contributed by atoms with van der Waals surface area (Å²) in [4.78, 5) is 13.9. The summed E-state index contributed by atoms with van der Waals surface area (Å²) in [6, 6.07) is 14.2. The molecule has 144 valence electrons. The van der Waals surface area contributed by atoms with Crippen molar-refractivity contribution in [1.82, 2.24) is 4.90 Å². The third-order valence-corrected chi connectivity index (χ3v) is 4.67. The van der Waals surface area contributed by atoms with Crippen molar-refractivity contribution >= 4 is 16.0 Å². The summed E-state index contributed by atoms with van der Waals surface area (Å²) in [7, 11) is -1.96. The van der Waals surface area contributed by atoms with E-state index in [2.05, 4.69) is 0 Å². The SMILES string of the molecule is COc1ccc(CN2C[C@H](c3ccc(OS(C)(=O)=O)cc3)OCC2=O)cc1. The Morgan fingerprint density at radius 2 is 1.70 bits per heavy atom. The van der Waals surface area contributed by atoms with E-state index in [-0.39, 0.29) is 24.4 Å². The number of rotatable bonds is 6. The Hall–Kier alpha value is -2.58. The molecule has 7 nitrogen and oxygen atoms in total. The molecule has 3 rings (SSSR count). The van der Waals surface area contributed by atoms with Crippen LogP contribution >= 0.6 is 0 Å². The van der Waals surface area contributed by atoms with Gasteiger partial charge in [0.2, 0.25) is 5.91 Å². The van der Waals surface area contributed by atoms with Gasteiger partial charge in [-0.05, 0) is 35.4 Å². The first kappa shape index (κ1) is 19.2. The minimum Gasteiger partial charge on any atom is -0.497 e. The Labute approximate surface area is 158 Å². The highest BCUT2D eigenvalue weighted by Gasteiger charge is 2.27. The maximum Gasteiger partial charge on any atom is 0.306 e. The molecule has 1 aliphatic rings. The largest absolute Gasteiger partial charge is 0.497 e. The molecule has 1 atom stereocenters. The van der Waals surface area contributed by atoms with Crippen LogP contribution in [0.5, 0.6) is 11.5 Å². The summed E-state index contributed by atoms with van der Waals surface area (Å²) in [5, 5.41) is 0. The third kappa shape index (κ3) is 5.21. The number of hydrogen-bond acceptors (Lipinski definition) is 6. The lowest BCUT2D eigenvalue weighted by molar-refractivity contribution is -0.150. The van der Waals surface area contributed by atoms with E-state index in [1.165, 1.54) is 0 Å². The Bertz CT molecular complexity index is 893. The molecule has 1 saturated heterocycles. The molecule has 1 amide bonds. The van der Waals surface area contributed by atoms with Crippen LogP contribution < -0.4 is 8.92 Å². The molecule has 0 aromatic heterocycles. The van der Waals surface area contributed by atoms with E-state index < -0.39 is 10.1 Å². The van der Waals surface area contributed by atoms with Gasteiger partial charge in [-0.3, -0.25) is 4.79 Å². The highest BCUT2D eigenvalue weighted by molar-refractivity contribution is 7.86. The van der Waals surface area contributed by atoms with Gasteiger partial charge in [0.15, 0.2) is 0 Å². The highest BCUT2D eigenvalue weighted by Crippen LogP contribution is 2.26. The van der Waals surface area contributed by atoms with Gasteiger partial charge in [0, 0.05) is 6.54 Å². The van der Waals surface area contributed by atoms with Crippen molar-refractivity contribution in [3.05, 3.63) is 59.7 Å². The van der Waals surface area contributed by atoms with E-state index in [1.54, 1.807) is 36.3 Å². The molecule has 0 bridgehead atoms.